The Morgan fingerprint density at radius 1 is 1.42 bits per heavy atom. The van der Waals surface area contributed by atoms with E-state index in [1.165, 1.54) is 45.2 Å². The fraction of sp³-hybridized carbons (Fsp3) is 1.00. The van der Waals surface area contributed by atoms with Gasteiger partial charge < -0.3 is 0 Å². The molecule has 2 atom stereocenters. The van der Waals surface area contributed by atoms with Crippen LogP contribution in [0.5, 0.6) is 0 Å². The van der Waals surface area contributed by atoms with Crippen molar-refractivity contribution in [3.63, 3.8) is 0 Å². The molecule has 1 heteroatoms. The molecule has 2 fully saturated rings. The summed E-state index contributed by atoms with van der Waals surface area (Å²) in [4.78, 5) is 2.77. The molecule has 2 saturated heterocycles. The van der Waals surface area contributed by atoms with Crippen molar-refractivity contribution >= 4 is 0 Å². The fourth-order valence-electron chi connectivity index (χ4n) is 3.43. The molecule has 0 aromatic carbocycles. The van der Waals surface area contributed by atoms with Crippen molar-refractivity contribution in [2.75, 3.05) is 13.1 Å². The second kappa shape index (κ2) is 3.02. The zero-order valence-corrected chi connectivity index (χ0v) is 8.47. The van der Waals surface area contributed by atoms with Gasteiger partial charge in [0.2, 0.25) is 0 Å². The van der Waals surface area contributed by atoms with Crippen molar-refractivity contribution in [1.29, 1.82) is 0 Å². The quantitative estimate of drug-likeness (QED) is 0.611. The van der Waals surface area contributed by atoms with E-state index in [0.717, 1.165) is 5.92 Å². The van der Waals surface area contributed by atoms with E-state index in [4.69, 9.17) is 0 Å². The maximum absolute atomic E-state index is 2.77. The summed E-state index contributed by atoms with van der Waals surface area (Å²) in [6.07, 6.45) is 7.17. The second-order valence-corrected chi connectivity index (χ2v) is 4.63. The highest BCUT2D eigenvalue weighted by atomic mass is 15.2. The third kappa shape index (κ3) is 1.02. The van der Waals surface area contributed by atoms with E-state index in [2.05, 4.69) is 18.7 Å². The summed E-state index contributed by atoms with van der Waals surface area (Å²) < 4.78 is 0. The predicted octanol–water partition coefficient (Wildman–Crippen LogP) is 2.66. The van der Waals surface area contributed by atoms with E-state index in [1.54, 1.807) is 0 Å². The van der Waals surface area contributed by atoms with Crippen LogP contribution in [0.3, 0.4) is 0 Å². The third-order valence-electron chi connectivity index (χ3n) is 4.10. The van der Waals surface area contributed by atoms with Crippen LogP contribution >= 0.6 is 0 Å². The number of rotatable bonds is 2. The fourth-order valence-corrected chi connectivity index (χ4v) is 3.43. The summed E-state index contributed by atoms with van der Waals surface area (Å²) in [5.74, 6) is 0.958. The standard InChI is InChI=1S/C11H21N/c1-3-6-11-7-4-8-12(11)9-5-10(11)2/h10H,3-9H2,1-2H3/t10-,11-/m0/s1. The summed E-state index contributed by atoms with van der Waals surface area (Å²) >= 11 is 0. The van der Waals surface area contributed by atoms with E-state index in [1.807, 2.05) is 0 Å². The molecule has 0 amide bonds. The lowest BCUT2D eigenvalue weighted by Crippen LogP contribution is -2.41. The van der Waals surface area contributed by atoms with E-state index in [-0.39, 0.29) is 0 Å². The average Bonchev–Trinajstić information content (AvgIpc) is 2.55. The Balaban J connectivity index is 2.15. The third-order valence-corrected chi connectivity index (χ3v) is 4.10. The Labute approximate surface area is 76.1 Å². The summed E-state index contributed by atoms with van der Waals surface area (Å²) in [6, 6.07) is 0. The molecular formula is C11H21N. The Morgan fingerprint density at radius 3 is 3.00 bits per heavy atom. The highest BCUT2D eigenvalue weighted by Crippen LogP contribution is 2.45. The van der Waals surface area contributed by atoms with Crippen LogP contribution < -0.4 is 0 Å². The Bertz CT molecular complexity index is 166. The molecule has 0 aliphatic carbocycles. The minimum absolute atomic E-state index is 0.648. The Hall–Kier alpha value is -0.0400. The first-order valence-electron chi connectivity index (χ1n) is 5.54. The lowest BCUT2D eigenvalue weighted by Gasteiger charge is -2.35. The molecule has 0 radical (unpaired) electrons. The van der Waals surface area contributed by atoms with Crippen LogP contribution in [0.25, 0.3) is 0 Å². The van der Waals surface area contributed by atoms with Gasteiger partial charge in [-0.05, 0) is 44.7 Å². The summed E-state index contributed by atoms with van der Waals surface area (Å²) in [5, 5.41) is 0. The smallest absolute Gasteiger partial charge is 0.0235 e. The maximum atomic E-state index is 2.77. The van der Waals surface area contributed by atoms with Crippen LogP contribution in [0.4, 0.5) is 0 Å². The van der Waals surface area contributed by atoms with Gasteiger partial charge in [0.15, 0.2) is 0 Å². The molecule has 1 nitrogen and oxygen atoms in total. The van der Waals surface area contributed by atoms with Gasteiger partial charge in [0.25, 0.3) is 0 Å². The predicted molar refractivity (Wildman–Crippen MR) is 52.2 cm³/mol. The van der Waals surface area contributed by atoms with E-state index in [0.29, 0.717) is 5.54 Å². The topological polar surface area (TPSA) is 3.24 Å². The van der Waals surface area contributed by atoms with Crippen LogP contribution in [0, 0.1) is 5.92 Å². The van der Waals surface area contributed by atoms with Gasteiger partial charge in [-0.2, -0.15) is 0 Å². The molecule has 2 aliphatic heterocycles. The lowest BCUT2D eigenvalue weighted by atomic mass is 9.81. The molecule has 0 aromatic rings. The maximum Gasteiger partial charge on any atom is 0.0235 e. The first kappa shape index (κ1) is 8.55. The summed E-state index contributed by atoms with van der Waals surface area (Å²) in [7, 11) is 0. The van der Waals surface area contributed by atoms with Gasteiger partial charge in [-0.15, -0.1) is 0 Å². The van der Waals surface area contributed by atoms with Crippen LogP contribution in [0.1, 0.15) is 46.0 Å². The molecule has 0 aromatic heterocycles. The largest absolute Gasteiger partial charge is 0.297 e. The Kier molecular flexibility index (Phi) is 2.16. The Morgan fingerprint density at radius 2 is 2.25 bits per heavy atom. The molecule has 0 spiro atoms. The minimum Gasteiger partial charge on any atom is -0.297 e. The van der Waals surface area contributed by atoms with Crippen LogP contribution in [0.15, 0.2) is 0 Å². The van der Waals surface area contributed by atoms with Gasteiger partial charge in [0.05, 0.1) is 0 Å². The van der Waals surface area contributed by atoms with Gasteiger partial charge in [0.1, 0.15) is 0 Å². The van der Waals surface area contributed by atoms with Crippen molar-refractivity contribution in [1.82, 2.24) is 4.90 Å². The molecule has 2 rings (SSSR count). The van der Waals surface area contributed by atoms with E-state index in [9.17, 15) is 0 Å². The summed E-state index contributed by atoms with van der Waals surface area (Å²) in [5.41, 5.74) is 0.648. The van der Waals surface area contributed by atoms with Crippen molar-refractivity contribution < 1.29 is 0 Å². The van der Waals surface area contributed by atoms with Crippen LogP contribution in [-0.4, -0.2) is 23.5 Å². The molecular weight excluding hydrogens is 146 g/mol. The molecule has 0 N–H and O–H groups in total. The van der Waals surface area contributed by atoms with Crippen molar-refractivity contribution in [3.05, 3.63) is 0 Å². The molecule has 2 heterocycles. The normalized spacial score (nSPS) is 42.0. The molecule has 0 saturated carbocycles. The average molecular weight is 167 g/mol. The number of hydrogen-bond donors (Lipinski definition) is 0. The van der Waals surface area contributed by atoms with Crippen LogP contribution in [0.2, 0.25) is 0 Å². The van der Waals surface area contributed by atoms with Crippen LogP contribution in [-0.2, 0) is 0 Å². The number of nitrogens with zero attached hydrogens (tertiary/aromatic N) is 1. The lowest BCUT2D eigenvalue weighted by molar-refractivity contribution is 0.144. The highest BCUT2D eigenvalue weighted by molar-refractivity contribution is 5.03. The van der Waals surface area contributed by atoms with Crippen molar-refractivity contribution in [3.8, 4) is 0 Å². The zero-order valence-electron chi connectivity index (χ0n) is 8.47. The van der Waals surface area contributed by atoms with E-state index < -0.39 is 0 Å². The summed E-state index contributed by atoms with van der Waals surface area (Å²) in [6.45, 7) is 7.54. The number of hydrogen-bond acceptors (Lipinski definition) is 1. The van der Waals surface area contributed by atoms with Gasteiger partial charge >= 0.3 is 0 Å². The van der Waals surface area contributed by atoms with Gasteiger partial charge in [0, 0.05) is 5.54 Å². The molecule has 12 heavy (non-hydrogen) atoms. The first-order chi connectivity index (χ1) is 5.79. The first-order valence-corrected chi connectivity index (χ1v) is 5.54. The molecule has 70 valence electrons. The van der Waals surface area contributed by atoms with Gasteiger partial charge in [-0.25, -0.2) is 0 Å². The molecule has 2 aliphatic rings. The van der Waals surface area contributed by atoms with Crippen molar-refractivity contribution in [2.45, 2.75) is 51.5 Å². The monoisotopic (exact) mass is 167 g/mol. The SMILES string of the molecule is CCC[C@@]12CCCN1CC[C@@H]2C. The van der Waals surface area contributed by atoms with Gasteiger partial charge in [-0.3, -0.25) is 4.90 Å². The highest BCUT2D eigenvalue weighted by Gasteiger charge is 2.47. The minimum atomic E-state index is 0.648. The second-order valence-electron chi connectivity index (χ2n) is 4.63. The van der Waals surface area contributed by atoms with E-state index >= 15 is 0 Å². The molecule has 0 unspecified atom stereocenters. The zero-order chi connectivity index (χ0) is 8.60. The van der Waals surface area contributed by atoms with Crippen molar-refractivity contribution in [2.24, 2.45) is 5.92 Å². The molecule has 0 bridgehead atoms. The van der Waals surface area contributed by atoms with Gasteiger partial charge in [-0.1, -0.05) is 20.3 Å². The number of fused-ring (bicyclic) bond motifs is 1.